The molecule has 3 rings (SSSR count). The van der Waals surface area contributed by atoms with Crippen LogP contribution in [0.5, 0.6) is 5.75 Å². The maximum absolute atomic E-state index is 13.2. The van der Waals surface area contributed by atoms with Gasteiger partial charge in [0.15, 0.2) is 5.82 Å². The van der Waals surface area contributed by atoms with Crippen LogP contribution in [-0.4, -0.2) is 38.1 Å². The summed E-state index contributed by atoms with van der Waals surface area (Å²) in [5.74, 6) is 0.719. The molecule has 3 aromatic rings. The van der Waals surface area contributed by atoms with Crippen LogP contribution in [0.4, 0.5) is 24.8 Å². The second-order valence-electron chi connectivity index (χ2n) is 7.33. The average Bonchev–Trinajstić information content (AvgIpc) is 3.07. The minimum Gasteiger partial charge on any atom is -0.497 e. The van der Waals surface area contributed by atoms with Crippen molar-refractivity contribution in [2.75, 3.05) is 12.4 Å². The van der Waals surface area contributed by atoms with E-state index in [4.69, 9.17) is 4.74 Å². The molecule has 0 bridgehead atoms. The number of nitrogens with one attached hydrogen (secondary N) is 1. The van der Waals surface area contributed by atoms with E-state index in [1.165, 1.54) is 13.2 Å². The number of alkyl halides is 3. The number of ether oxygens (including phenoxy) is 1. The van der Waals surface area contributed by atoms with Crippen LogP contribution < -0.4 is 10.1 Å². The molecule has 1 atom stereocenters. The molecular weight excluding hydrogens is 411 g/mol. The van der Waals surface area contributed by atoms with Gasteiger partial charge < -0.3 is 15.2 Å². The van der Waals surface area contributed by atoms with Gasteiger partial charge >= 0.3 is 6.18 Å². The number of anilines is 2. The number of aliphatic hydroxyl groups excluding tert-OH is 1. The summed E-state index contributed by atoms with van der Waals surface area (Å²) < 4.78 is 46.3. The van der Waals surface area contributed by atoms with Gasteiger partial charge in [-0.1, -0.05) is 0 Å². The predicted molar refractivity (Wildman–Crippen MR) is 110 cm³/mol. The molecule has 0 spiro atoms. The molecule has 0 unspecified atom stereocenters. The number of aliphatic hydroxyl groups is 1. The molecular formula is C21H24F3N5O2. The van der Waals surface area contributed by atoms with E-state index in [-0.39, 0.29) is 17.4 Å². The van der Waals surface area contributed by atoms with Crippen molar-refractivity contribution in [3.8, 4) is 17.1 Å². The van der Waals surface area contributed by atoms with Crippen LogP contribution in [0, 0.1) is 13.8 Å². The van der Waals surface area contributed by atoms with Gasteiger partial charge in [-0.15, -0.1) is 5.10 Å². The lowest BCUT2D eigenvalue weighted by molar-refractivity contribution is -0.137. The summed E-state index contributed by atoms with van der Waals surface area (Å²) in [7, 11) is 1.30. The van der Waals surface area contributed by atoms with Crippen molar-refractivity contribution >= 4 is 11.6 Å². The summed E-state index contributed by atoms with van der Waals surface area (Å²) in [6.45, 7) is 5.78. The van der Waals surface area contributed by atoms with E-state index in [1.54, 1.807) is 11.6 Å². The average molecular weight is 435 g/mol. The number of hydrogen-bond donors (Lipinski definition) is 2. The first-order valence-corrected chi connectivity index (χ1v) is 9.67. The lowest BCUT2D eigenvalue weighted by Gasteiger charge is -2.11. The molecule has 0 saturated heterocycles. The third-order valence-electron chi connectivity index (χ3n) is 4.50. The first kappa shape index (κ1) is 22.5. The molecule has 1 aromatic carbocycles. The van der Waals surface area contributed by atoms with Gasteiger partial charge in [-0.2, -0.15) is 18.2 Å². The van der Waals surface area contributed by atoms with E-state index >= 15 is 0 Å². The highest BCUT2D eigenvalue weighted by Crippen LogP contribution is 2.35. The molecule has 0 amide bonds. The van der Waals surface area contributed by atoms with Crippen LogP contribution in [0.15, 0.2) is 30.3 Å². The van der Waals surface area contributed by atoms with E-state index in [0.717, 1.165) is 29.1 Å². The van der Waals surface area contributed by atoms with E-state index in [9.17, 15) is 18.3 Å². The molecule has 0 fully saturated rings. The number of aromatic nitrogens is 4. The molecule has 2 N–H and O–H groups in total. The fourth-order valence-corrected chi connectivity index (χ4v) is 3.12. The van der Waals surface area contributed by atoms with Gasteiger partial charge in [0, 0.05) is 35.2 Å². The normalized spacial score (nSPS) is 12.6. The molecule has 10 heteroatoms. The summed E-state index contributed by atoms with van der Waals surface area (Å²) in [5, 5.41) is 16.9. The fourth-order valence-electron chi connectivity index (χ4n) is 3.12. The smallest absolute Gasteiger partial charge is 0.416 e. The maximum Gasteiger partial charge on any atom is 0.416 e. The van der Waals surface area contributed by atoms with Crippen molar-refractivity contribution in [1.82, 2.24) is 19.7 Å². The number of benzene rings is 1. The number of nitrogens with zero attached hydrogens (tertiary/aromatic N) is 4. The Kier molecular flexibility index (Phi) is 6.49. The second-order valence-corrected chi connectivity index (χ2v) is 7.33. The van der Waals surface area contributed by atoms with Gasteiger partial charge in [0.2, 0.25) is 5.95 Å². The van der Waals surface area contributed by atoms with Crippen LogP contribution in [0.2, 0.25) is 0 Å². The summed E-state index contributed by atoms with van der Waals surface area (Å²) in [6, 6.07) is 7.04. The van der Waals surface area contributed by atoms with Gasteiger partial charge in [0.1, 0.15) is 5.75 Å². The molecule has 31 heavy (non-hydrogen) atoms. The van der Waals surface area contributed by atoms with Crippen LogP contribution >= 0.6 is 0 Å². The van der Waals surface area contributed by atoms with Crippen molar-refractivity contribution in [1.29, 1.82) is 0 Å². The molecule has 2 aromatic heterocycles. The van der Waals surface area contributed by atoms with Crippen LogP contribution in [0.3, 0.4) is 0 Å². The quantitative estimate of drug-likeness (QED) is 0.569. The number of aryl methyl sites for hydroxylation is 3. The van der Waals surface area contributed by atoms with Crippen molar-refractivity contribution in [3.63, 3.8) is 0 Å². The molecule has 0 radical (unpaired) electrons. The summed E-state index contributed by atoms with van der Waals surface area (Å²) in [4.78, 5) is 8.85. The largest absolute Gasteiger partial charge is 0.497 e. The van der Waals surface area contributed by atoms with Gasteiger partial charge in [-0.05, 0) is 51.5 Å². The van der Waals surface area contributed by atoms with Gasteiger partial charge in [-0.25, -0.2) is 4.68 Å². The number of rotatable bonds is 7. The van der Waals surface area contributed by atoms with Gasteiger partial charge in [-0.3, -0.25) is 4.98 Å². The zero-order chi connectivity index (χ0) is 22.8. The molecule has 7 nitrogen and oxygen atoms in total. The zero-order valence-electron chi connectivity index (χ0n) is 17.7. The number of pyridine rings is 1. The lowest BCUT2D eigenvalue weighted by Crippen LogP contribution is -2.10. The first-order valence-electron chi connectivity index (χ1n) is 9.67. The highest BCUT2D eigenvalue weighted by Gasteiger charge is 2.31. The van der Waals surface area contributed by atoms with Crippen LogP contribution in [0.1, 0.15) is 30.3 Å². The van der Waals surface area contributed by atoms with Crippen molar-refractivity contribution in [2.45, 2.75) is 46.0 Å². The molecule has 0 aliphatic rings. The number of halogens is 3. The molecule has 0 aliphatic heterocycles. The van der Waals surface area contributed by atoms with E-state index in [1.807, 2.05) is 26.0 Å². The van der Waals surface area contributed by atoms with Crippen LogP contribution in [0.25, 0.3) is 11.4 Å². The van der Waals surface area contributed by atoms with E-state index < -0.39 is 17.8 Å². The van der Waals surface area contributed by atoms with E-state index in [0.29, 0.717) is 18.8 Å². The summed E-state index contributed by atoms with van der Waals surface area (Å²) in [5.41, 5.74) is 1.68. The van der Waals surface area contributed by atoms with E-state index in [2.05, 4.69) is 20.4 Å². The monoisotopic (exact) mass is 435 g/mol. The van der Waals surface area contributed by atoms with Crippen molar-refractivity contribution < 1.29 is 23.0 Å². The maximum atomic E-state index is 13.2. The molecule has 166 valence electrons. The van der Waals surface area contributed by atoms with Crippen LogP contribution in [-0.2, 0) is 12.7 Å². The Bertz CT molecular complexity index is 1040. The SMILES string of the molecule is COc1cc(Nc2nc(-c3cc(C)nc(C)c3)n(CC[C@H](C)O)n2)cc(C(F)(F)F)c1. The summed E-state index contributed by atoms with van der Waals surface area (Å²) in [6.07, 6.45) is -4.62. The number of methoxy groups -OCH3 is 1. The van der Waals surface area contributed by atoms with Gasteiger partial charge in [0.05, 0.1) is 18.8 Å². The third-order valence-corrected chi connectivity index (χ3v) is 4.50. The molecule has 0 aliphatic carbocycles. The Labute approximate surface area is 177 Å². The first-order chi connectivity index (χ1) is 14.5. The minimum atomic E-state index is -4.52. The van der Waals surface area contributed by atoms with Crippen molar-refractivity contribution in [2.24, 2.45) is 0 Å². The highest BCUT2D eigenvalue weighted by molar-refractivity contribution is 5.62. The third kappa shape index (κ3) is 5.72. The Balaban J connectivity index is 2.00. The van der Waals surface area contributed by atoms with Crippen molar-refractivity contribution in [3.05, 3.63) is 47.3 Å². The van der Waals surface area contributed by atoms with Gasteiger partial charge in [0.25, 0.3) is 0 Å². The topological polar surface area (TPSA) is 85.1 Å². The zero-order valence-corrected chi connectivity index (χ0v) is 17.7. The standard InChI is InChI=1S/C21H24F3N5O2/c1-12-7-15(8-13(2)25-12)19-27-20(28-29(19)6-5-14(3)30)26-17-9-16(21(22,23)24)10-18(11-17)31-4/h7-11,14,30H,5-6H2,1-4H3,(H,26,28)/t14-/m0/s1. The Morgan fingerprint density at radius 2 is 1.77 bits per heavy atom. The lowest BCUT2D eigenvalue weighted by atomic mass is 10.2. The minimum absolute atomic E-state index is 0.0615. The highest BCUT2D eigenvalue weighted by atomic mass is 19.4. The molecule has 2 heterocycles. The second kappa shape index (κ2) is 8.93. The summed E-state index contributed by atoms with van der Waals surface area (Å²) >= 11 is 0. The Morgan fingerprint density at radius 1 is 1.10 bits per heavy atom. The Hall–Kier alpha value is -3.14. The molecule has 0 saturated carbocycles. The Morgan fingerprint density at radius 3 is 2.35 bits per heavy atom. The predicted octanol–water partition coefficient (Wildman–Crippen LogP) is 4.50. The fraction of sp³-hybridized carbons (Fsp3) is 0.381. The number of hydrogen-bond acceptors (Lipinski definition) is 6.